The molecular formula is C27H28N2O4. The van der Waals surface area contributed by atoms with Crippen LogP contribution in [0.25, 0.3) is 10.8 Å². The minimum atomic E-state index is -1.12. The minimum absolute atomic E-state index is 0.0660. The molecule has 6 heteroatoms. The van der Waals surface area contributed by atoms with Crippen molar-refractivity contribution in [1.82, 2.24) is 0 Å². The maximum atomic E-state index is 10.7. The zero-order valence-corrected chi connectivity index (χ0v) is 18.3. The standard InChI is InChI=1S/C16H20N2O.C11H8O3/c17-15-7-3-1-5-13(15)9-11-19-12-10-14-6-2-4-8-16(14)18;12-10-6-8-4-2-1-3-7(8)5-9(10)11(13)14/h1-8H,9-12,17-18H2;1-6,12H,(H,13,14). The molecule has 0 radical (unpaired) electrons. The molecule has 0 unspecified atom stereocenters. The lowest BCUT2D eigenvalue weighted by Gasteiger charge is -2.08. The Morgan fingerprint density at radius 2 is 1.18 bits per heavy atom. The molecule has 4 aromatic rings. The van der Waals surface area contributed by atoms with Crippen LogP contribution in [0.1, 0.15) is 21.5 Å². The van der Waals surface area contributed by atoms with Gasteiger partial charge in [-0.15, -0.1) is 0 Å². The predicted molar refractivity (Wildman–Crippen MR) is 133 cm³/mol. The van der Waals surface area contributed by atoms with Crippen molar-refractivity contribution in [3.05, 3.63) is 102 Å². The van der Waals surface area contributed by atoms with Gasteiger partial charge in [-0.1, -0.05) is 60.7 Å². The molecule has 170 valence electrons. The van der Waals surface area contributed by atoms with E-state index in [-0.39, 0.29) is 11.3 Å². The first-order chi connectivity index (χ1) is 16.0. The summed E-state index contributed by atoms with van der Waals surface area (Å²) in [5, 5.41) is 19.8. The van der Waals surface area contributed by atoms with Crippen LogP contribution in [0.3, 0.4) is 0 Å². The lowest BCUT2D eigenvalue weighted by atomic mass is 10.1. The van der Waals surface area contributed by atoms with Gasteiger partial charge in [0.05, 0.1) is 13.2 Å². The summed E-state index contributed by atoms with van der Waals surface area (Å²) in [6, 6.07) is 26.0. The number of hydrogen-bond acceptors (Lipinski definition) is 5. The average Bonchev–Trinajstić information content (AvgIpc) is 2.81. The van der Waals surface area contributed by atoms with E-state index >= 15 is 0 Å². The summed E-state index contributed by atoms with van der Waals surface area (Å²) in [5.74, 6) is -1.32. The fourth-order valence-electron chi connectivity index (χ4n) is 3.39. The van der Waals surface area contributed by atoms with Crippen molar-refractivity contribution in [1.29, 1.82) is 0 Å². The molecule has 0 aliphatic heterocycles. The highest BCUT2D eigenvalue weighted by Crippen LogP contribution is 2.24. The van der Waals surface area contributed by atoms with Crippen molar-refractivity contribution in [2.24, 2.45) is 0 Å². The molecule has 0 bridgehead atoms. The van der Waals surface area contributed by atoms with E-state index < -0.39 is 5.97 Å². The third-order valence-corrected chi connectivity index (χ3v) is 5.24. The van der Waals surface area contributed by atoms with Crippen LogP contribution < -0.4 is 11.5 Å². The minimum Gasteiger partial charge on any atom is -0.507 e. The van der Waals surface area contributed by atoms with Gasteiger partial charge in [0.25, 0.3) is 0 Å². The van der Waals surface area contributed by atoms with Crippen LogP contribution in [0, 0.1) is 0 Å². The number of ether oxygens (including phenoxy) is 1. The number of para-hydroxylation sites is 2. The maximum Gasteiger partial charge on any atom is 0.339 e. The van der Waals surface area contributed by atoms with E-state index in [1.165, 1.54) is 12.1 Å². The number of carboxylic acids is 1. The molecule has 0 aromatic heterocycles. The molecule has 0 aliphatic rings. The molecule has 0 saturated carbocycles. The Kier molecular flexibility index (Phi) is 8.27. The van der Waals surface area contributed by atoms with E-state index in [1.807, 2.05) is 66.7 Å². The topological polar surface area (TPSA) is 119 Å². The third kappa shape index (κ3) is 6.72. The molecule has 6 nitrogen and oxygen atoms in total. The number of aromatic carboxylic acids is 1. The summed E-state index contributed by atoms with van der Waals surface area (Å²) >= 11 is 0. The van der Waals surface area contributed by atoms with Crippen molar-refractivity contribution in [3.8, 4) is 5.75 Å². The summed E-state index contributed by atoms with van der Waals surface area (Å²) in [6.07, 6.45) is 1.69. The summed E-state index contributed by atoms with van der Waals surface area (Å²) in [5.41, 5.74) is 15.6. The van der Waals surface area contributed by atoms with Crippen molar-refractivity contribution >= 4 is 28.1 Å². The number of nitrogen functional groups attached to an aromatic ring is 2. The quantitative estimate of drug-likeness (QED) is 0.238. The van der Waals surface area contributed by atoms with Crippen molar-refractivity contribution < 1.29 is 19.7 Å². The molecular weight excluding hydrogens is 416 g/mol. The Balaban J connectivity index is 0.000000194. The number of fused-ring (bicyclic) bond motifs is 1. The van der Waals surface area contributed by atoms with Crippen LogP contribution in [-0.2, 0) is 17.6 Å². The highest BCUT2D eigenvalue weighted by molar-refractivity contribution is 5.97. The molecule has 0 amide bonds. The SMILES string of the molecule is Nc1ccccc1CCOCCc1ccccc1N.O=C(O)c1cc2ccccc2cc1O. The highest BCUT2D eigenvalue weighted by Gasteiger charge is 2.09. The van der Waals surface area contributed by atoms with Gasteiger partial charge in [-0.25, -0.2) is 4.79 Å². The Hall–Kier alpha value is -4.03. The Bertz CT molecular complexity index is 1180. The fraction of sp³-hybridized carbons (Fsp3) is 0.148. The zero-order chi connectivity index (χ0) is 23.6. The number of carbonyl (C=O) groups is 1. The van der Waals surface area contributed by atoms with Gasteiger partial charge in [-0.05, 0) is 59.0 Å². The second-order valence-corrected chi connectivity index (χ2v) is 7.53. The van der Waals surface area contributed by atoms with Gasteiger partial charge in [0, 0.05) is 11.4 Å². The van der Waals surface area contributed by atoms with Crippen LogP contribution in [-0.4, -0.2) is 29.4 Å². The summed E-state index contributed by atoms with van der Waals surface area (Å²) in [7, 11) is 0. The molecule has 33 heavy (non-hydrogen) atoms. The predicted octanol–water partition coefficient (Wildman–Crippen LogP) is 4.90. The Labute approximate surface area is 193 Å². The van der Waals surface area contributed by atoms with E-state index in [4.69, 9.17) is 21.3 Å². The largest absolute Gasteiger partial charge is 0.507 e. The van der Waals surface area contributed by atoms with Crippen LogP contribution in [0.2, 0.25) is 0 Å². The molecule has 0 spiro atoms. The number of benzene rings is 4. The summed E-state index contributed by atoms with van der Waals surface area (Å²) in [4.78, 5) is 10.7. The van der Waals surface area contributed by atoms with Crippen LogP contribution in [0.4, 0.5) is 11.4 Å². The van der Waals surface area contributed by atoms with E-state index in [9.17, 15) is 9.90 Å². The van der Waals surface area contributed by atoms with Gasteiger partial charge in [0.2, 0.25) is 0 Å². The molecule has 6 N–H and O–H groups in total. The highest BCUT2D eigenvalue weighted by atomic mass is 16.5. The number of anilines is 2. The van der Waals surface area contributed by atoms with Gasteiger partial charge in [0.15, 0.2) is 0 Å². The number of carboxylic acid groups (broad SMARTS) is 1. The molecule has 4 aromatic carbocycles. The monoisotopic (exact) mass is 444 g/mol. The molecule has 0 atom stereocenters. The van der Waals surface area contributed by atoms with Crippen molar-refractivity contribution in [2.75, 3.05) is 24.7 Å². The normalized spacial score (nSPS) is 10.4. The second-order valence-electron chi connectivity index (χ2n) is 7.53. The third-order valence-electron chi connectivity index (χ3n) is 5.24. The average molecular weight is 445 g/mol. The summed E-state index contributed by atoms with van der Waals surface area (Å²) in [6.45, 7) is 1.36. The number of phenols is 1. The molecule has 0 fully saturated rings. The van der Waals surface area contributed by atoms with E-state index in [2.05, 4.69) is 0 Å². The summed E-state index contributed by atoms with van der Waals surface area (Å²) < 4.78 is 5.64. The number of nitrogens with two attached hydrogens (primary N) is 2. The molecule has 4 rings (SSSR count). The van der Waals surface area contributed by atoms with Gasteiger partial charge in [-0.3, -0.25) is 0 Å². The fourth-order valence-corrected chi connectivity index (χ4v) is 3.39. The number of hydrogen-bond donors (Lipinski definition) is 4. The Morgan fingerprint density at radius 1 is 0.727 bits per heavy atom. The first-order valence-corrected chi connectivity index (χ1v) is 10.6. The smallest absolute Gasteiger partial charge is 0.339 e. The number of rotatable bonds is 7. The first kappa shape index (κ1) is 23.6. The maximum absolute atomic E-state index is 10.7. The Morgan fingerprint density at radius 3 is 1.67 bits per heavy atom. The van der Waals surface area contributed by atoms with E-state index in [0.29, 0.717) is 13.2 Å². The van der Waals surface area contributed by atoms with E-state index in [0.717, 1.165) is 46.1 Å². The van der Waals surface area contributed by atoms with Crippen LogP contribution >= 0.6 is 0 Å². The number of aromatic hydroxyl groups is 1. The lowest BCUT2D eigenvalue weighted by Crippen LogP contribution is -2.05. The van der Waals surface area contributed by atoms with Crippen LogP contribution in [0.15, 0.2) is 84.9 Å². The van der Waals surface area contributed by atoms with Crippen molar-refractivity contribution in [3.63, 3.8) is 0 Å². The molecule has 0 aliphatic carbocycles. The van der Waals surface area contributed by atoms with Crippen LogP contribution in [0.5, 0.6) is 5.75 Å². The van der Waals surface area contributed by atoms with Gasteiger partial charge < -0.3 is 26.4 Å². The van der Waals surface area contributed by atoms with Gasteiger partial charge in [0.1, 0.15) is 11.3 Å². The van der Waals surface area contributed by atoms with Gasteiger partial charge in [-0.2, -0.15) is 0 Å². The van der Waals surface area contributed by atoms with Crippen molar-refractivity contribution in [2.45, 2.75) is 12.8 Å². The first-order valence-electron chi connectivity index (χ1n) is 10.6. The molecule has 0 heterocycles. The molecule has 0 saturated heterocycles. The second kappa shape index (κ2) is 11.5. The zero-order valence-electron chi connectivity index (χ0n) is 18.3. The lowest BCUT2D eigenvalue weighted by molar-refractivity contribution is 0.0694. The van der Waals surface area contributed by atoms with Gasteiger partial charge >= 0.3 is 5.97 Å². The van der Waals surface area contributed by atoms with E-state index in [1.54, 1.807) is 6.07 Å².